The minimum absolute atomic E-state index is 0.00483. The van der Waals surface area contributed by atoms with Gasteiger partial charge in [-0.2, -0.15) is 0 Å². The first-order chi connectivity index (χ1) is 16.7. The molecule has 3 aromatic rings. The fourth-order valence-corrected chi connectivity index (χ4v) is 5.01. The molecule has 0 spiro atoms. The van der Waals surface area contributed by atoms with E-state index in [4.69, 9.17) is 17.0 Å². The maximum absolute atomic E-state index is 12.5. The summed E-state index contributed by atoms with van der Waals surface area (Å²) in [5, 5.41) is 13.3. The summed E-state index contributed by atoms with van der Waals surface area (Å²) in [4.78, 5) is 30.5. The lowest BCUT2D eigenvalue weighted by molar-refractivity contribution is -0.143. The molecular weight excluding hydrogens is 464 g/mol. The maximum Gasteiger partial charge on any atom is 0.335 e. The number of rotatable bonds is 7. The molecule has 2 N–H and O–H groups in total. The van der Waals surface area contributed by atoms with Crippen molar-refractivity contribution in [2.24, 2.45) is 0 Å². The predicted molar refractivity (Wildman–Crippen MR) is 136 cm³/mol. The summed E-state index contributed by atoms with van der Waals surface area (Å²) < 4.78 is 7.26. The third kappa shape index (κ3) is 4.64. The molecule has 182 valence electrons. The molecular formula is C26H28N4O4S. The van der Waals surface area contributed by atoms with Crippen LogP contribution in [0.3, 0.4) is 0 Å². The Morgan fingerprint density at radius 3 is 2.60 bits per heavy atom. The van der Waals surface area contributed by atoms with Gasteiger partial charge in [-0.15, -0.1) is 0 Å². The van der Waals surface area contributed by atoms with E-state index in [0.717, 1.165) is 33.9 Å². The van der Waals surface area contributed by atoms with Gasteiger partial charge < -0.3 is 24.6 Å². The Hall–Kier alpha value is -3.72. The number of ether oxygens (including phenoxy) is 1. The second kappa shape index (κ2) is 9.87. The highest BCUT2D eigenvalue weighted by Crippen LogP contribution is 2.41. The number of aromatic carboxylic acids is 1. The number of hydrogen-bond donors (Lipinski definition) is 2. The quantitative estimate of drug-likeness (QED) is 0.377. The van der Waals surface area contributed by atoms with Crippen LogP contribution in [-0.4, -0.2) is 49.8 Å². The molecule has 1 fully saturated rings. The molecule has 35 heavy (non-hydrogen) atoms. The second-order valence-corrected chi connectivity index (χ2v) is 8.91. The third-order valence-electron chi connectivity index (χ3n) is 6.29. The first kappa shape index (κ1) is 24.4. The molecule has 0 radical (unpaired) electrons. The number of carbonyl (C=O) groups excluding carboxylic acids is 1. The number of nitrogens with zero attached hydrogens (tertiary/aromatic N) is 3. The molecule has 0 aliphatic carbocycles. The van der Waals surface area contributed by atoms with Gasteiger partial charge in [0.25, 0.3) is 0 Å². The van der Waals surface area contributed by atoms with Gasteiger partial charge in [0.05, 0.1) is 29.9 Å². The van der Waals surface area contributed by atoms with Crippen molar-refractivity contribution in [1.82, 2.24) is 19.8 Å². The summed E-state index contributed by atoms with van der Waals surface area (Å²) in [5.41, 5.74) is 5.61. The topological polar surface area (TPSA) is 96.7 Å². The molecule has 0 unspecified atom stereocenters. The van der Waals surface area contributed by atoms with Crippen LogP contribution in [0.5, 0.6) is 0 Å². The molecule has 1 aliphatic rings. The fourth-order valence-electron chi connectivity index (χ4n) is 4.70. The standard InChI is InChI=1S/C26H28N4O4S/c1-5-34-22(31)14-29-24(23(28-26(29)35)20-8-6-7-11-27-20)19-12-16(3)30(17(19)4)21-13-18(25(32)33)10-9-15(21)2/h6-13,23-24H,5,14H2,1-4H3,(H,28,35)(H,32,33)/t23-,24+/m1/s1. The number of esters is 1. The minimum Gasteiger partial charge on any atom is -0.478 e. The van der Waals surface area contributed by atoms with Gasteiger partial charge >= 0.3 is 11.9 Å². The highest BCUT2D eigenvalue weighted by molar-refractivity contribution is 7.80. The van der Waals surface area contributed by atoms with Crippen LogP contribution < -0.4 is 5.32 Å². The average Bonchev–Trinajstić information content (AvgIpc) is 3.30. The Morgan fingerprint density at radius 2 is 1.94 bits per heavy atom. The Labute approximate surface area is 209 Å². The first-order valence-electron chi connectivity index (χ1n) is 11.4. The Balaban J connectivity index is 1.85. The molecule has 1 aliphatic heterocycles. The zero-order chi connectivity index (χ0) is 25.3. The molecule has 0 saturated carbocycles. The third-order valence-corrected chi connectivity index (χ3v) is 6.64. The van der Waals surface area contributed by atoms with E-state index in [9.17, 15) is 14.7 Å². The van der Waals surface area contributed by atoms with E-state index >= 15 is 0 Å². The van der Waals surface area contributed by atoms with Crippen molar-refractivity contribution in [3.63, 3.8) is 0 Å². The largest absolute Gasteiger partial charge is 0.478 e. The summed E-state index contributed by atoms with van der Waals surface area (Å²) in [5.74, 6) is -1.34. The van der Waals surface area contributed by atoms with E-state index in [-0.39, 0.29) is 36.8 Å². The van der Waals surface area contributed by atoms with Gasteiger partial charge in [-0.3, -0.25) is 9.78 Å². The van der Waals surface area contributed by atoms with E-state index < -0.39 is 5.97 Å². The summed E-state index contributed by atoms with van der Waals surface area (Å²) in [6.07, 6.45) is 1.73. The molecule has 1 saturated heterocycles. The molecule has 1 aromatic carbocycles. The van der Waals surface area contributed by atoms with Gasteiger partial charge in [0.1, 0.15) is 6.54 Å². The van der Waals surface area contributed by atoms with E-state index in [1.54, 1.807) is 25.3 Å². The summed E-state index contributed by atoms with van der Waals surface area (Å²) in [7, 11) is 0. The van der Waals surface area contributed by atoms with Crippen molar-refractivity contribution in [2.75, 3.05) is 13.2 Å². The molecule has 8 nitrogen and oxygen atoms in total. The van der Waals surface area contributed by atoms with Gasteiger partial charge in [-0.05, 0) is 81.4 Å². The van der Waals surface area contributed by atoms with E-state index in [1.165, 1.54) is 0 Å². The summed E-state index contributed by atoms with van der Waals surface area (Å²) >= 11 is 5.65. The Bertz CT molecular complexity index is 1290. The SMILES string of the molecule is CCOC(=O)CN1C(=S)N[C@H](c2ccccn2)[C@@H]1c1cc(C)n(-c2cc(C(=O)O)ccc2C)c1C. The fraction of sp³-hybridized carbons (Fsp3) is 0.308. The highest BCUT2D eigenvalue weighted by Gasteiger charge is 2.42. The van der Waals surface area contributed by atoms with Gasteiger partial charge in [-0.1, -0.05) is 12.1 Å². The zero-order valence-corrected chi connectivity index (χ0v) is 20.9. The van der Waals surface area contributed by atoms with Crippen molar-refractivity contribution in [3.05, 3.63) is 82.4 Å². The smallest absolute Gasteiger partial charge is 0.335 e. The monoisotopic (exact) mass is 492 g/mol. The van der Waals surface area contributed by atoms with Gasteiger partial charge in [0.15, 0.2) is 5.11 Å². The van der Waals surface area contributed by atoms with Crippen molar-refractivity contribution in [3.8, 4) is 5.69 Å². The number of benzene rings is 1. The number of carbonyl (C=O) groups is 2. The van der Waals surface area contributed by atoms with E-state index in [1.807, 2.05) is 49.9 Å². The summed E-state index contributed by atoms with van der Waals surface area (Å²) in [6, 6.07) is 12.3. The number of carboxylic acids is 1. The number of aryl methyl sites for hydroxylation is 2. The first-order valence-corrected chi connectivity index (χ1v) is 11.8. The molecule has 0 amide bonds. The van der Waals surface area contributed by atoms with Gasteiger partial charge in [0, 0.05) is 23.3 Å². The van der Waals surface area contributed by atoms with Crippen LogP contribution in [0.25, 0.3) is 5.69 Å². The minimum atomic E-state index is -0.977. The van der Waals surface area contributed by atoms with Crippen LogP contribution in [0, 0.1) is 20.8 Å². The predicted octanol–water partition coefficient (Wildman–Crippen LogP) is 4.03. The molecule has 3 heterocycles. The molecule has 4 rings (SSSR count). The molecule has 2 aromatic heterocycles. The van der Waals surface area contributed by atoms with Crippen LogP contribution in [0.2, 0.25) is 0 Å². The lowest BCUT2D eigenvalue weighted by atomic mass is 9.96. The lowest BCUT2D eigenvalue weighted by Crippen LogP contribution is -2.35. The second-order valence-electron chi connectivity index (χ2n) is 8.53. The number of hydrogen-bond acceptors (Lipinski definition) is 5. The highest BCUT2D eigenvalue weighted by atomic mass is 32.1. The Kier molecular flexibility index (Phi) is 6.88. The molecule has 9 heteroatoms. The number of nitrogens with one attached hydrogen (secondary N) is 1. The lowest BCUT2D eigenvalue weighted by Gasteiger charge is -2.27. The molecule has 2 atom stereocenters. The normalized spacial score (nSPS) is 17.4. The van der Waals surface area contributed by atoms with Crippen molar-refractivity contribution in [1.29, 1.82) is 0 Å². The van der Waals surface area contributed by atoms with Crippen molar-refractivity contribution < 1.29 is 19.4 Å². The van der Waals surface area contributed by atoms with E-state index in [2.05, 4.69) is 20.9 Å². The number of pyridine rings is 1. The van der Waals surface area contributed by atoms with Crippen LogP contribution >= 0.6 is 12.2 Å². The number of thiocarbonyl (C=S) groups is 1. The van der Waals surface area contributed by atoms with Crippen LogP contribution in [0.1, 0.15) is 57.6 Å². The average molecular weight is 493 g/mol. The number of aromatic nitrogens is 2. The van der Waals surface area contributed by atoms with Crippen LogP contribution in [0.15, 0.2) is 48.7 Å². The van der Waals surface area contributed by atoms with Crippen LogP contribution in [-0.2, 0) is 9.53 Å². The van der Waals surface area contributed by atoms with Crippen LogP contribution in [0.4, 0.5) is 0 Å². The maximum atomic E-state index is 12.5. The summed E-state index contributed by atoms with van der Waals surface area (Å²) in [6.45, 7) is 7.99. The Morgan fingerprint density at radius 1 is 1.17 bits per heavy atom. The van der Waals surface area contributed by atoms with Gasteiger partial charge in [-0.25, -0.2) is 4.79 Å². The zero-order valence-electron chi connectivity index (χ0n) is 20.1. The van der Waals surface area contributed by atoms with E-state index in [0.29, 0.717) is 5.11 Å². The number of carboxylic acid groups (broad SMARTS) is 1. The van der Waals surface area contributed by atoms with Crippen molar-refractivity contribution >= 4 is 29.3 Å². The van der Waals surface area contributed by atoms with Gasteiger partial charge in [0.2, 0.25) is 0 Å². The van der Waals surface area contributed by atoms with Crippen molar-refractivity contribution in [2.45, 2.75) is 39.8 Å². The molecule has 0 bridgehead atoms.